The Balaban J connectivity index is 1.98. The van der Waals surface area contributed by atoms with Crippen molar-refractivity contribution >= 4 is 21.8 Å². The van der Waals surface area contributed by atoms with Crippen LogP contribution in [0.4, 0.5) is 0 Å². The summed E-state index contributed by atoms with van der Waals surface area (Å²) in [5, 5.41) is 0. The van der Waals surface area contributed by atoms with E-state index in [0.29, 0.717) is 11.7 Å². The Bertz CT molecular complexity index is 473. The Hall–Kier alpha value is -0.950. The maximum atomic E-state index is 11.5. The molecule has 0 saturated carbocycles. The molecule has 1 aromatic carbocycles. The molecule has 1 fully saturated rings. The molecule has 0 unspecified atom stereocenters. The minimum absolute atomic E-state index is 0.279. The van der Waals surface area contributed by atoms with Gasteiger partial charge in [-0.25, -0.2) is 5.84 Å². The van der Waals surface area contributed by atoms with Crippen LogP contribution in [0.1, 0.15) is 28.8 Å². The highest BCUT2D eigenvalue weighted by molar-refractivity contribution is 9.10. The van der Waals surface area contributed by atoms with Gasteiger partial charge in [0.1, 0.15) is 0 Å². The van der Waals surface area contributed by atoms with Gasteiger partial charge in [0.25, 0.3) is 5.91 Å². The van der Waals surface area contributed by atoms with Gasteiger partial charge in [0.15, 0.2) is 0 Å². The summed E-state index contributed by atoms with van der Waals surface area (Å²) in [5.41, 5.74) is 3.87. The topological polar surface area (TPSA) is 67.6 Å². The molecule has 110 valence electrons. The van der Waals surface area contributed by atoms with Gasteiger partial charge in [-0.05, 0) is 30.5 Å². The molecule has 1 amide bonds. The fraction of sp³-hybridized carbons (Fsp3) is 0.500. The van der Waals surface area contributed by atoms with Crippen molar-refractivity contribution in [2.24, 2.45) is 5.84 Å². The number of amides is 1. The van der Waals surface area contributed by atoms with Crippen LogP contribution in [0.15, 0.2) is 22.7 Å². The largest absolute Gasteiger partial charge is 0.381 e. The molecule has 0 atom stereocenters. The van der Waals surface area contributed by atoms with E-state index in [1.165, 1.54) is 5.56 Å². The van der Waals surface area contributed by atoms with Crippen molar-refractivity contribution in [1.29, 1.82) is 0 Å². The molecule has 20 heavy (non-hydrogen) atoms. The Morgan fingerprint density at radius 3 is 2.75 bits per heavy atom. The van der Waals surface area contributed by atoms with E-state index in [-0.39, 0.29) is 5.91 Å². The van der Waals surface area contributed by atoms with Crippen molar-refractivity contribution in [2.75, 3.05) is 20.2 Å². The number of carbonyl (C=O) groups is 1. The van der Waals surface area contributed by atoms with Crippen LogP contribution in [0.3, 0.4) is 0 Å². The summed E-state index contributed by atoms with van der Waals surface area (Å²) in [5.74, 6) is 4.85. The lowest BCUT2D eigenvalue weighted by Crippen LogP contribution is -2.36. The summed E-state index contributed by atoms with van der Waals surface area (Å²) in [6.45, 7) is 2.95. The van der Waals surface area contributed by atoms with Gasteiger partial charge < -0.3 is 4.74 Å². The Kier molecular flexibility index (Phi) is 5.54. The maximum absolute atomic E-state index is 11.5. The van der Waals surface area contributed by atoms with E-state index in [0.717, 1.165) is 36.9 Å². The van der Waals surface area contributed by atoms with E-state index in [1.807, 2.05) is 6.07 Å². The second-order valence-corrected chi connectivity index (χ2v) is 5.85. The summed E-state index contributed by atoms with van der Waals surface area (Å²) in [6, 6.07) is 5.57. The van der Waals surface area contributed by atoms with Crippen LogP contribution in [0.2, 0.25) is 0 Å². The normalized spacial score (nSPS) is 17.1. The van der Waals surface area contributed by atoms with Gasteiger partial charge in [0.05, 0.1) is 6.10 Å². The van der Waals surface area contributed by atoms with E-state index < -0.39 is 0 Å². The molecule has 0 radical (unpaired) electrons. The number of methoxy groups -OCH3 is 1. The Labute approximate surface area is 127 Å². The minimum Gasteiger partial charge on any atom is -0.381 e. The third kappa shape index (κ3) is 3.79. The number of carbonyl (C=O) groups excluding carboxylic acids is 1. The number of ether oxygens (including phenoxy) is 1. The molecule has 5 nitrogen and oxygen atoms in total. The number of hydrogen-bond acceptors (Lipinski definition) is 4. The Morgan fingerprint density at radius 2 is 2.20 bits per heavy atom. The highest BCUT2D eigenvalue weighted by atomic mass is 79.9. The van der Waals surface area contributed by atoms with Crippen LogP contribution in [0.25, 0.3) is 0 Å². The molecule has 0 spiro atoms. The fourth-order valence-electron chi connectivity index (χ4n) is 2.44. The molecule has 0 aromatic heterocycles. The molecular weight excluding hydrogens is 322 g/mol. The molecule has 1 saturated heterocycles. The quantitative estimate of drug-likeness (QED) is 0.496. The number of hydrazine groups is 1. The number of nitrogens with one attached hydrogen (secondary N) is 1. The summed E-state index contributed by atoms with van der Waals surface area (Å²) in [7, 11) is 1.78. The molecule has 1 aliphatic heterocycles. The van der Waals surface area contributed by atoms with E-state index in [2.05, 4.69) is 26.3 Å². The van der Waals surface area contributed by atoms with Gasteiger partial charge in [-0.2, -0.15) is 0 Å². The summed E-state index contributed by atoms with van der Waals surface area (Å²) < 4.78 is 6.31. The lowest BCUT2D eigenvalue weighted by atomic mass is 10.1. The molecule has 2 rings (SSSR count). The molecule has 1 heterocycles. The second-order valence-electron chi connectivity index (χ2n) is 4.99. The zero-order chi connectivity index (χ0) is 14.5. The predicted octanol–water partition coefficient (Wildman–Crippen LogP) is 1.66. The van der Waals surface area contributed by atoms with Crippen LogP contribution in [-0.4, -0.2) is 37.1 Å². The number of likely N-dealkylation sites (tertiary alicyclic amines) is 1. The fourth-order valence-corrected chi connectivity index (χ4v) is 2.95. The summed E-state index contributed by atoms with van der Waals surface area (Å²) >= 11 is 3.52. The first-order valence-electron chi connectivity index (χ1n) is 6.68. The minimum atomic E-state index is -0.279. The Morgan fingerprint density at radius 1 is 1.50 bits per heavy atom. The van der Waals surface area contributed by atoms with E-state index >= 15 is 0 Å². The first-order chi connectivity index (χ1) is 9.63. The molecule has 1 aliphatic rings. The standard InChI is InChI=1S/C14H20BrN3O2/c1-20-12-4-6-18(7-5-12)9-11-3-2-10(8-13(11)15)14(19)17-16/h2-3,8,12H,4-7,9,16H2,1H3,(H,17,19). The van der Waals surface area contributed by atoms with Crippen molar-refractivity contribution in [1.82, 2.24) is 10.3 Å². The van der Waals surface area contributed by atoms with Crippen molar-refractivity contribution in [3.8, 4) is 0 Å². The zero-order valence-electron chi connectivity index (χ0n) is 11.6. The van der Waals surface area contributed by atoms with Crippen LogP contribution < -0.4 is 11.3 Å². The van der Waals surface area contributed by atoms with Gasteiger partial charge >= 0.3 is 0 Å². The number of hydrogen-bond donors (Lipinski definition) is 2. The van der Waals surface area contributed by atoms with Gasteiger partial charge in [-0.15, -0.1) is 0 Å². The smallest absolute Gasteiger partial charge is 0.265 e. The molecule has 0 bridgehead atoms. The number of nitrogens with two attached hydrogens (primary N) is 1. The van der Waals surface area contributed by atoms with Crippen LogP contribution >= 0.6 is 15.9 Å². The first kappa shape index (κ1) is 15.4. The highest BCUT2D eigenvalue weighted by Crippen LogP contribution is 2.22. The average molecular weight is 342 g/mol. The summed E-state index contributed by atoms with van der Waals surface area (Å²) in [6.07, 6.45) is 2.54. The highest BCUT2D eigenvalue weighted by Gasteiger charge is 2.19. The van der Waals surface area contributed by atoms with E-state index in [9.17, 15) is 4.79 Å². The lowest BCUT2D eigenvalue weighted by Gasteiger charge is -2.31. The monoisotopic (exact) mass is 341 g/mol. The van der Waals surface area contributed by atoms with Gasteiger partial charge in [0.2, 0.25) is 0 Å². The SMILES string of the molecule is COC1CCN(Cc2ccc(C(=O)NN)cc2Br)CC1. The molecule has 0 aliphatic carbocycles. The van der Waals surface area contributed by atoms with Gasteiger partial charge in [0, 0.05) is 36.8 Å². The van der Waals surface area contributed by atoms with E-state index in [4.69, 9.17) is 10.6 Å². The number of benzene rings is 1. The van der Waals surface area contributed by atoms with Crippen LogP contribution in [0.5, 0.6) is 0 Å². The number of nitrogen functional groups attached to an aromatic ring is 1. The van der Waals surface area contributed by atoms with Gasteiger partial charge in [-0.1, -0.05) is 22.0 Å². The number of piperidine rings is 1. The van der Waals surface area contributed by atoms with Crippen molar-refractivity contribution < 1.29 is 9.53 Å². The van der Waals surface area contributed by atoms with Crippen LogP contribution in [-0.2, 0) is 11.3 Å². The third-order valence-corrected chi connectivity index (χ3v) is 4.45. The van der Waals surface area contributed by atoms with Crippen molar-refractivity contribution in [3.05, 3.63) is 33.8 Å². The molecule has 1 aromatic rings. The number of nitrogens with zero attached hydrogens (tertiary/aromatic N) is 1. The van der Waals surface area contributed by atoms with E-state index in [1.54, 1.807) is 19.2 Å². The summed E-state index contributed by atoms with van der Waals surface area (Å²) in [4.78, 5) is 13.9. The zero-order valence-corrected chi connectivity index (χ0v) is 13.1. The predicted molar refractivity (Wildman–Crippen MR) is 81.1 cm³/mol. The average Bonchev–Trinajstić information content (AvgIpc) is 2.49. The number of halogens is 1. The number of rotatable bonds is 4. The van der Waals surface area contributed by atoms with Gasteiger partial charge in [-0.3, -0.25) is 15.1 Å². The first-order valence-corrected chi connectivity index (χ1v) is 7.48. The van der Waals surface area contributed by atoms with Crippen molar-refractivity contribution in [2.45, 2.75) is 25.5 Å². The third-order valence-electron chi connectivity index (χ3n) is 3.71. The molecule has 3 N–H and O–H groups in total. The molecular formula is C14H20BrN3O2. The molecule has 6 heteroatoms. The van der Waals surface area contributed by atoms with Crippen molar-refractivity contribution in [3.63, 3.8) is 0 Å². The second kappa shape index (κ2) is 7.17. The maximum Gasteiger partial charge on any atom is 0.265 e. The van der Waals surface area contributed by atoms with Crippen LogP contribution in [0, 0.1) is 0 Å². The lowest BCUT2D eigenvalue weighted by molar-refractivity contribution is 0.0388.